The Morgan fingerprint density at radius 2 is 1.93 bits per heavy atom. The van der Waals surface area contributed by atoms with E-state index in [1.54, 1.807) is 0 Å². The maximum Gasteiger partial charge on any atom is 0.341 e. The van der Waals surface area contributed by atoms with Crippen LogP contribution < -0.4 is 10.3 Å². The lowest BCUT2D eigenvalue weighted by Crippen LogP contribution is -2.30. The highest BCUT2D eigenvalue weighted by Gasteiger charge is 2.38. The van der Waals surface area contributed by atoms with E-state index < -0.39 is 26.9 Å². The van der Waals surface area contributed by atoms with E-state index in [2.05, 4.69) is 0 Å². The molecule has 0 amide bonds. The van der Waals surface area contributed by atoms with E-state index in [-0.39, 0.29) is 27.8 Å². The van der Waals surface area contributed by atoms with Crippen molar-refractivity contribution in [1.82, 2.24) is 4.57 Å². The molecule has 30 heavy (non-hydrogen) atoms. The zero-order valence-corrected chi connectivity index (χ0v) is 17.8. The van der Waals surface area contributed by atoms with Gasteiger partial charge in [0.05, 0.1) is 27.5 Å². The number of nitrogens with zero attached hydrogens (tertiary/aromatic N) is 1. The lowest BCUT2D eigenvalue weighted by atomic mass is 10.0. The predicted molar refractivity (Wildman–Crippen MR) is 110 cm³/mol. The number of benzene rings is 1. The van der Waals surface area contributed by atoms with Gasteiger partial charge in [0.1, 0.15) is 11.3 Å². The number of carbonyl (C=O) groups is 1. The second-order valence-electron chi connectivity index (χ2n) is 8.34. The van der Waals surface area contributed by atoms with Crippen molar-refractivity contribution in [3.05, 3.63) is 44.7 Å². The van der Waals surface area contributed by atoms with Crippen LogP contribution in [-0.2, 0) is 15.6 Å². The van der Waals surface area contributed by atoms with Crippen LogP contribution >= 0.6 is 11.6 Å². The van der Waals surface area contributed by atoms with Crippen LogP contribution in [0.5, 0.6) is 5.75 Å². The molecule has 7 nitrogen and oxygen atoms in total. The Hall–Kier alpha value is -2.32. The molecule has 0 saturated heterocycles. The van der Waals surface area contributed by atoms with Gasteiger partial charge in [0.25, 0.3) is 5.56 Å². The number of sulfone groups is 1. The largest absolute Gasteiger partial charge is 0.489 e. The lowest BCUT2D eigenvalue weighted by Gasteiger charge is -2.26. The van der Waals surface area contributed by atoms with Gasteiger partial charge in [-0.2, -0.15) is 0 Å². The molecular weight excluding hydrogens is 430 g/mol. The standard InChI is InChI=1S/C21H20ClNO6S/c1-10(11-2-3-11)29-17-8-18-14(7-16(17)22)19-12(9-30(18,27)28)6-15(21(25)26)20(24)23(19)13-4-5-13/h6-8,10-11,13H,2-5,9H2,1H3,(H,25,26). The van der Waals surface area contributed by atoms with Crippen molar-refractivity contribution in [1.29, 1.82) is 0 Å². The van der Waals surface area contributed by atoms with Gasteiger partial charge in [-0.25, -0.2) is 13.2 Å². The molecular formula is C21H20ClNO6S. The Morgan fingerprint density at radius 1 is 1.23 bits per heavy atom. The Labute approximate surface area is 178 Å². The number of fused-ring (bicyclic) bond motifs is 3. The van der Waals surface area contributed by atoms with Gasteiger partial charge >= 0.3 is 5.97 Å². The van der Waals surface area contributed by atoms with E-state index in [0.29, 0.717) is 28.5 Å². The number of halogens is 1. The number of hydrogen-bond acceptors (Lipinski definition) is 5. The molecule has 2 aromatic rings. The molecule has 1 aromatic heterocycles. The van der Waals surface area contributed by atoms with Crippen LogP contribution in [-0.4, -0.2) is 30.2 Å². The molecule has 2 fully saturated rings. The Balaban J connectivity index is 1.74. The van der Waals surface area contributed by atoms with Crippen LogP contribution in [0.3, 0.4) is 0 Å². The third kappa shape index (κ3) is 3.13. The molecule has 5 rings (SSSR count). The molecule has 1 unspecified atom stereocenters. The van der Waals surface area contributed by atoms with Crippen LogP contribution in [0.4, 0.5) is 0 Å². The van der Waals surface area contributed by atoms with Gasteiger partial charge < -0.3 is 14.4 Å². The molecule has 2 saturated carbocycles. The predicted octanol–water partition coefficient (Wildman–Crippen LogP) is 3.67. The van der Waals surface area contributed by atoms with Gasteiger partial charge in [-0.1, -0.05) is 11.6 Å². The summed E-state index contributed by atoms with van der Waals surface area (Å²) in [6.45, 7) is 1.94. The smallest absolute Gasteiger partial charge is 0.341 e. The number of carboxylic acids is 1. The average Bonchev–Trinajstić information content (AvgIpc) is 3.54. The first kappa shape index (κ1) is 19.6. The van der Waals surface area contributed by atoms with Gasteiger partial charge in [0.15, 0.2) is 9.84 Å². The molecule has 1 atom stereocenters. The summed E-state index contributed by atoms with van der Waals surface area (Å²) in [5.41, 5.74) is 0.0496. The van der Waals surface area contributed by atoms with Crippen LogP contribution in [0.2, 0.25) is 5.02 Å². The number of aromatic carboxylic acids is 1. The van der Waals surface area contributed by atoms with E-state index in [1.807, 2.05) is 6.92 Å². The fourth-order valence-corrected chi connectivity index (χ4v) is 5.92. The Bertz CT molecular complexity index is 1260. The molecule has 1 aromatic carbocycles. The first-order chi connectivity index (χ1) is 14.2. The van der Waals surface area contributed by atoms with Gasteiger partial charge in [0, 0.05) is 17.7 Å². The fourth-order valence-electron chi connectivity index (χ4n) is 4.15. The van der Waals surface area contributed by atoms with E-state index in [1.165, 1.54) is 22.8 Å². The van der Waals surface area contributed by atoms with Gasteiger partial charge in [-0.15, -0.1) is 0 Å². The Kier molecular flexibility index (Phi) is 4.31. The van der Waals surface area contributed by atoms with Gasteiger partial charge in [-0.05, 0) is 56.2 Å². The van der Waals surface area contributed by atoms with Crippen molar-refractivity contribution in [3.8, 4) is 17.0 Å². The topological polar surface area (TPSA) is 103 Å². The summed E-state index contributed by atoms with van der Waals surface area (Å²) in [5.74, 6) is -0.980. The minimum absolute atomic E-state index is 0.0641. The van der Waals surface area contributed by atoms with Crippen LogP contribution in [0, 0.1) is 5.92 Å². The number of pyridine rings is 1. The lowest BCUT2D eigenvalue weighted by molar-refractivity contribution is 0.0694. The zero-order valence-electron chi connectivity index (χ0n) is 16.2. The van der Waals surface area contributed by atoms with Crippen molar-refractivity contribution < 1.29 is 23.1 Å². The van der Waals surface area contributed by atoms with Gasteiger partial charge in [-0.3, -0.25) is 4.79 Å². The summed E-state index contributed by atoms with van der Waals surface area (Å²) in [6.07, 6.45) is 3.57. The first-order valence-corrected chi connectivity index (χ1v) is 12.0. The minimum atomic E-state index is -3.76. The minimum Gasteiger partial charge on any atom is -0.489 e. The molecule has 2 heterocycles. The number of aromatic nitrogens is 1. The van der Waals surface area contributed by atoms with Crippen LogP contribution in [0.1, 0.15) is 54.6 Å². The molecule has 0 spiro atoms. The summed E-state index contributed by atoms with van der Waals surface area (Å²) in [7, 11) is -3.76. The van der Waals surface area contributed by atoms with E-state index in [4.69, 9.17) is 16.3 Å². The second-order valence-corrected chi connectivity index (χ2v) is 10.7. The maximum atomic E-state index is 13.1. The highest BCUT2D eigenvalue weighted by molar-refractivity contribution is 7.90. The molecule has 9 heteroatoms. The van der Waals surface area contributed by atoms with E-state index >= 15 is 0 Å². The third-order valence-electron chi connectivity index (χ3n) is 6.02. The molecule has 1 aliphatic heterocycles. The van der Waals surface area contributed by atoms with Crippen molar-refractivity contribution >= 4 is 27.4 Å². The summed E-state index contributed by atoms with van der Waals surface area (Å²) < 4.78 is 33.5. The van der Waals surface area contributed by atoms with Gasteiger partial charge in [0.2, 0.25) is 0 Å². The molecule has 158 valence electrons. The first-order valence-electron chi connectivity index (χ1n) is 9.92. The number of hydrogen-bond donors (Lipinski definition) is 1. The van der Waals surface area contributed by atoms with E-state index in [0.717, 1.165) is 25.7 Å². The monoisotopic (exact) mass is 449 g/mol. The second kappa shape index (κ2) is 6.59. The third-order valence-corrected chi connectivity index (χ3v) is 8.02. The summed E-state index contributed by atoms with van der Waals surface area (Å²) in [5, 5.41) is 9.70. The quantitative estimate of drug-likeness (QED) is 0.747. The molecule has 1 N–H and O–H groups in total. The number of ether oxygens (including phenoxy) is 1. The summed E-state index contributed by atoms with van der Waals surface area (Å²) in [4.78, 5) is 24.5. The average molecular weight is 450 g/mol. The van der Waals surface area contributed by atoms with Crippen molar-refractivity contribution in [2.45, 2.75) is 55.4 Å². The SMILES string of the molecule is CC(Oc1cc2c(cc1Cl)-c1c(cc(C(=O)O)c(=O)n1C1CC1)CS2(=O)=O)C1CC1. The van der Waals surface area contributed by atoms with Crippen LogP contribution in [0.15, 0.2) is 27.9 Å². The molecule has 2 aliphatic carbocycles. The maximum absolute atomic E-state index is 13.1. The van der Waals surface area contributed by atoms with Crippen molar-refractivity contribution in [2.24, 2.45) is 5.92 Å². The zero-order chi connectivity index (χ0) is 21.4. The van der Waals surface area contributed by atoms with E-state index in [9.17, 15) is 23.1 Å². The Morgan fingerprint density at radius 3 is 2.53 bits per heavy atom. The summed E-state index contributed by atoms with van der Waals surface area (Å²) >= 11 is 6.46. The highest BCUT2D eigenvalue weighted by atomic mass is 35.5. The summed E-state index contributed by atoms with van der Waals surface area (Å²) in [6, 6.07) is 4.03. The van der Waals surface area contributed by atoms with Crippen LogP contribution in [0.25, 0.3) is 11.3 Å². The highest BCUT2D eigenvalue weighted by Crippen LogP contribution is 2.46. The molecule has 0 bridgehead atoms. The van der Waals surface area contributed by atoms with Crippen molar-refractivity contribution in [2.75, 3.05) is 0 Å². The molecule has 3 aliphatic rings. The fraction of sp³-hybridized carbons (Fsp3) is 0.429. The van der Waals surface area contributed by atoms with Crippen molar-refractivity contribution in [3.63, 3.8) is 0 Å². The number of carboxylic acid groups (broad SMARTS) is 1. The number of rotatable bonds is 5. The molecule has 0 radical (unpaired) electrons. The normalized spacial score (nSPS) is 20.2.